The SMILES string of the molecule is CCCCNc1ccc(C(=O)NCCCO)cc1. The fourth-order valence-corrected chi connectivity index (χ4v) is 1.53. The molecule has 0 atom stereocenters. The van der Waals surface area contributed by atoms with E-state index in [9.17, 15) is 4.79 Å². The minimum Gasteiger partial charge on any atom is -0.396 e. The summed E-state index contributed by atoms with van der Waals surface area (Å²) in [5, 5.41) is 14.7. The van der Waals surface area contributed by atoms with Crippen LogP contribution in [0.1, 0.15) is 36.5 Å². The lowest BCUT2D eigenvalue weighted by Crippen LogP contribution is -2.24. The number of benzene rings is 1. The lowest BCUT2D eigenvalue weighted by molar-refractivity contribution is 0.0951. The third-order valence-electron chi connectivity index (χ3n) is 2.63. The van der Waals surface area contributed by atoms with E-state index in [1.54, 1.807) is 0 Å². The van der Waals surface area contributed by atoms with Crippen molar-refractivity contribution in [2.45, 2.75) is 26.2 Å². The summed E-state index contributed by atoms with van der Waals surface area (Å²) in [5.41, 5.74) is 1.68. The van der Waals surface area contributed by atoms with E-state index in [0.29, 0.717) is 18.5 Å². The molecule has 4 nitrogen and oxygen atoms in total. The van der Waals surface area contributed by atoms with Gasteiger partial charge in [0, 0.05) is 30.9 Å². The predicted molar refractivity (Wildman–Crippen MR) is 73.9 cm³/mol. The molecular weight excluding hydrogens is 228 g/mol. The van der Waals surface area contributed by atoms with E-state index in [-0.39, 0.29) is 12.5 Å². The monoisotopic (exact) mass is 250 g/mol. The van der Waals surface area contributed by atoms with Crippen molar-refractivity contribution in [2.24, 2.45) is 0 Å². The van der Waals surface area contributed by atoms with Crippen LogP contribution in [0.3, 0.4) is 0 Å². The van der Waals surface area contributed by atoms with Gasteiger partial charge in [0.25, 0.3) is 5.91 Å². The first-order chi connectivity index (χ1) is 8.77. The summed E-state index contributed by atoms with van der Waals surface area (Å²) in [7, 11) is 0. The van der Waals surface area contributed by atoms with Gasteiger partial charge in [-0.05, 0) is 37.1 Å². The molecule has 0 aliphatic heterocycles. The maximum Gasteiger partial charge on any atom is 0.251 e. The summed E-state index contributed by atoms with van der Waals surface area (Å²) < 4.78 is 0. The molecule has 0 aliphatic rings. The number of aliphatic hydroxyl groups is 1. The van der Waals surface area contributed by atoms with E-state index in [1.807, 2.05) is 24.3 Å². The third-order valence-corrected chi connectivity index (χ3v) is 2.63. The Kier molecular flexibility index (Phi) is 6.87. The Bertz CT molecular complexity index is 349. The van der Waals surface area contributed by atoms with E-state index in [0.717, 1.165) is 18.7 Å². The second-order valence-corrected chi connectivity index (χ2v) is 4.19. The van der Waals surface area contributed by atoms with Crippen LogP contribution in [0.4, 0.5) is 5.69 Å². The molecule has 0 saturated heterocycles. The zero-order valence-electron chi connectivity index (χ0n) is 10.9. The van der Waals surface area contributed by atoms with Crippen molar-refractivity contribution in [1.29, 1.82) is 0 Å². The number of nitrogens with one attached hydrogen (secondary N) is 2. The lowest BCUT2D eigenvalue weighted by atomic mass is 10.2. The number of anilines is 1. The smallest absolute Gasteiger partial charge is 0.251 e. The lowest BCUT2D eigenvalue weighted by Gasteiger charge is -2.07. The molecule has 0 heterocycles. The molecule has 0 saturated carbocycles. The Balaban J connectivity index is 2.41. The van der Waals surface area contributed by atoms with Crippen LogP contribution in [-0.2, 0) is 0 Å². The van der Waals surface area contributed by atoms with Gasteiger partial charge in [-0.3, -0.25) is 4.79 Å². The Morgan fingerprint density at radius 2 is 1.89 bits per heavy atom. The van der Waals surface area contributed by atoms with Crippen LogP contribution in [0.15, 0.2) is 24.3 Å². The van der Waals surface area contributed by atoms with Gasteiger partial charge >= 0.3 is 0 Å². The largest absolute Gasteiger partial charge is 0.396 e. The minimum atomic E-state index is -0.0939. The number of amides is 1. The molecule has 1 amide bonds. The quantitative estimate of drug-likeness (QED) is 0.618. The van der Waals surface area contributed by atoms with Gasteiger partial charge in [0.1, 0.15) is 0 Å². The molecule has 1 aromatic carbocycles. The standard InChI is InChI=1S/C14H22N2O2/c1-2-3-9-15-13-7-5-12(6-8-13)14(18)16-10-4-11-17/h5-8,15,17H,2-4,9-11H2,1H3,(H,16,18). The van der Waals surface area contributed by atoms with Crippen LogP contribution >= 0.6 is 0 Å². The third kappa shape index (κ3) is 5.19. The molecule has 0 bridgehead atoms. The molecule has 3 N–H and O–H groups in total. The van der Waals surface area contributed by atoms with E-state index in [1.165, 1.54) is 6.42 Å². The normalized spacial score (nSPS) is 10.1. The van der Waals surface area contributed by atoms with Gasteiger partial charge in [-0.2, -0.15) is 0 Å². The van der Waals surface area contributed by atoms with Crippen molar-refractivity contribution >= 4 is 11.6 Å². The topological polar surface area (TPSA) is 61.4 Å². The van der Waals surface area contributed by atoms with Crippen LogP contribution in [-0.4, -0.2) is 30.7 Å². The zero-order valence-corrected chi connectivity index (χ0v) is 10.9. The van der Waals surface area contributed by atoms with Gasteiger partial charge in [0.15, 0.2) is 0 Å². The first-order valence-corrected chi connectivity index (χ1v) is 6.51. The highest BCUT2D eigenvalue weighted by atomic mass is 16.3. The second kappa shape index (κ2) is 8.53. The highest BCUT2D eigenvalue weighted by Crippen LogP contribution is 2.09. The fraction of sp³-hybridized carbons (Fsp3) is 0.500. The number of carbonyl (C=O) groups excluding carboxylic acids is 1. The first kappa shape index (κ1) is 14.5. The summed E-state index contributed by atoms with van der Waals surface area (Å²) in [4.78, 5) is 11.7. The molecule has 0 aliphatic carbocycles. The van der Waals surface area contributed by atoms with Crippen LogP contribution < -0.4 is 10.6 Å². The number of rotatable bonds is 8. The molecule has 1 rings (SSSR count). The van der Waals surface area contributed by atoms with Crippen LogP contribution in [0.25, 0.3) is 0 Å². The van der Waals surface area contributed by atoms with Gasteiger partial charge in [-0.25, -0.2) is 0 Å². The van der Waals surface area contributed by atoms with Gasteiger partial charge < -0.3 is 15.7 Å². The number of hydrogen-bond donors (Lipinski definition) is 3. The highest BCUT2D eigenvalue weighted by molar-refractivity contribution is 5.94. The number of unbranched alkanes of at least 4 members (excludes halogenated alkanes) is 1. The first-order valence-electron chi connectivity index (χ1n) is 6.51. The van der Waals surface area contributed by atoms with E-state index in [4.69, 9.17) is 5.11 Å². The highest BCUT2D eigenvalue weighted by Gasteiger charge is 2.03. The molecule has 0 unspecified atom stereocenters. The summed E-state index contributed by atoms with van der Waals surface area (Å²) in [6.07, 6.45) is 2.89. The van der Waals surface area contributed by atoms with Gasteiger partial charge in [-0.15, -0.1) is 0 Å². The van der Waals surface area contributed by atoms with Gasteiger partial charge in [0.2, 0.25) is 0 Å². The van der Waals surface area contributed by atoms with Crippen molar-refractivity contribution in [1.82, 2.24) is 5.32 Å². The van der Waals surface area contributed by atoms with Gasteiger partial charge in [-0.1, -0.05) is 13.3 Å². The Morgan fingerprint density at radius 1 is 1.17 bits per heavy atom. The average molecular weight is 250 g/mol. The second-order valence-electron chi connectivity index (χ2n) is 4.19. The molecule has 4 heteroatoms. The summed E-state index contributed by atoms with van der Waals surface area (Å²) in [6, 6.07) is 7.44. The summed E-state index contributed by atoms with van der Waals surface area (Å²) >= 11 is 0. The van der Waals surface area contributed by atoms with Crippen LogP contribution in [0.5, 0.6) is 0 Å². The predicted octanol–water partition coefficient (Wildman–Crippen LogP) is 2.01. The molecule has 0 radical (unpaired) electrons. The van der Waals surface area contributed by atoms with Gasteiger partial charge in [0.05, 0.1) is 0 Å². The van der Waals surface area contributed by atoms with Crippen molar-refractivity contribution in [3.8, 4) is 0 Å². The average Bonchev–Trinajstić information content (AvgIpc) is 2.40. The molecule has 0 fully saturated rings. The number of aliphatic hydroxyl groups excluding tert-OH is 1. The molecular formula is C14H22N2O2. The maximum atomic E-state index is 11.7. The Hall–Kier alpha value is -1.55. The molecule has 100 valence electrons. The van der Waals surface area contributed by atoms with Crippen molar-refractivity contribution in [3.63, 3.8) is 0 Å². The molecule has 18 heavy (non-hydrogen) atoms. The maximum absolute atomic E-state index is 11.7. The fourth-order valence-electron chi connectivity index (χ4n) is 1.53. The van der Waals surface area contributed by atoms with Crippen LogP contribution in [0.2, 0.25) is 0 Å². The van der Waals surface area contributed by atoms with Crippen molar-refractivity contribution in [3.05, 3.63) is 29.8 Å². The molecule has 0 aromatic heterocycles. The van der Waals surface area contributed by atoms with E-state index in [2.05, 4.69) is 17.6 Å². The van der Waals surface area contributed by atoms with Crippen LogP contribution in [0, 0.1) is 0 Å². The minimum absolute atomic E-state index is 0.0939. The molecule has 0 spiro atoms. The van der Waals surface area contributed by atoms with Crippen molar-refractivity contribution < 1.29 is 9.90 Å². The Labute approximate surface area is 108 Å². The van der Waals surface area contributed by atoms with E-state index < -0.39 is 0 Å². The van der Waals surface area contributed by atoms with E-state index >= 15 is 0 Å². The number of hydrogen-bond acceptors (Lipinski definition) is 3. The number of carbonyl (C=O) groups is 1. The molecule has 1 aromatic rings. The summed E-state index contributed by atoms with van der Waals surface area (Å²) in [6.45, 7) is 3.71. The summed E-state index contributed by atoms with van der Waals surface area (Å²) in [5.74, 6) is -0.0939. The Morgan fingerprint density at radius 3 is 2.50 bits per heavy atom. The zero-order chi connectivity index (χ0) is 13.2. The van der Waals surface area contributed by atoms with Crippen molar-refractivity contribution in [2.75, 3.05) is 25.0 Å².